The number of hydrogen-bond acceptors (Lipinski definition) is 6. The van der Waals surface area contributed by atoms with Crippen LogP contribution in [0.4, 0.5) is 0 Å². The van der Waals surface area contributed by atoms with Gasteiger partial charge in [0.15, 0.2) is 11.5 Å². The van der Waals surface area contributed by atoms with Gasteiger partial charge in [-0.3, -0.25) is 4.79 Å². The monoisotopic (exact) mass is 475 g/mol. The van der Waals surface area contributed by atoms with Gasteiger partial charge in [-0.15, -0.1) is 0 Å². The molecule has 0 unspecified atom stereocenters. The molecule has 0 aliphatic carbocycles. The van der Waals surface area contributed by atoms with Crippen LogP contribution in [0.2, 0.25) is 5.02 Å². The van der Waals surface area contributed by atoms with Crippen LogP contribution in [0.1, 0.15) is 35.6 Å². The third kappa shape index (κ3) is 5.00. The molecule has 0 amide bonds. The third-order valence-corrected chi connectivity index (χ3v) is 5.26. The highest BCUT2D eigenvalue weighted by Gasteiger charge is 2.14. The van der Waals surface area contributed by atoms with Crippen LogP contribution in [0, 0.1) is 0 Å². The van der Waals surface area contributed by atoms with E-state index in [4.69, 9.17) is 21.1 Å². The van der Waals surface area contributed by atoms with Crippen molar-refractivity contribution >= 4 is 34.7 Å². The van der Waals surface area contributed by atoms with E-state index in [1.54, 1.807) is 60.8 Å². The summed E-state index contributed by atoms with van der Waals surface area (Å²) in [6.07, 6.45) is 2.09. The maximum atomic E-state index is 12.9. The number of nitrogens with zero attached hydrogens (tertiary/aromatic N) is 3. The van der Waals surface area contributed by atoms with E-state index < -0.39 is 5.97 Å². The van der Waals surface area contributed by atoms with Crippen molar-refractivity contribution < 1.29 is 14.3 Å². The van der Waals surface area contributed by atoms with Gasteiger partial charge in [0.05, 0.1) is 29.3 Å². The first-order valence-electron chi connectivity index (χ1n) is 10.8. The Kier molecular flexibility index (Phi) is 7.04. The van der Waals surface area contributed by atoms with Crippen molar-refractivity contribution in [2.45, 2.75) is 20.3 Å². The Balaban J connectivity index is 1.64. The van der Waals surface area contributed by atoms with Gasteiger partial charge in [0.25, 0.3) is 5.56 Å². The Hall–Kier alpha value is -3.97. The van der Waals surface area contributed by atoms with Gasteiger partial charge < -0.3 is 9.47 Å². The Labute approximate surface area is 201 Å². The van der Waals surface area contributed by atoms with Crippen molar-refractivity contribution in [1.82, 2.24) is 9.66 Å². The summed E-state index contributed by atoms with van der Waals surface area (Å²) in [4.78, 5) is 30.0. The van der Waals surface area contributed by atoms with E-state index in [0.717, 1.165) is 0 Å². The molecule has 0 fully saturated rings. The number of para-hydroxylation sites is 1. The summed E-state index contributed by atoms with van der Waals surface area (Å²) in [7, 11) is 0. The van der Waals surface area contributed by atoms with E-state index in [1.165, 1.54) is 4.68 Å². The van der Waals surface area contributed by atoms with Crippen molar-refractivity contribution in [2.75, 3.05) is 6.61 Å². The first kappa shape index (κ1) is 23.2. The minimum Gasteiger partial charge on any atom is -0.490 e. The zero-order chi connectivity index (χ0) is 24.1. The predicted molar refractivity (Wildman–Crippen MR) is 132 cm³/mol. The average Bonchev–Trinajstić information content (AvgIpc) is 2.85. The molecular weight excluding hydrogens is 454 g/mol. The number of halogens is 1. The van der Waals surface area contributed by atoms with E-state index in [9.17, 15) is 9.59 Å². The van der Waals surface area contributed by atoms with Gasteiger partial charge >= 0.3 is 5.97 Å². The van der Waals surface area contributed by atoms with Crippen molar-refractivity contribution in [3.63, 3.8) is 0 Å². The number of hydrogen-bond donors (Lipinski definition) is 0. The van der Waals surface area contributed by atoms with Crippen LogP contribution in [0.25, 0.3) is 10.9 Å². The Morgan fingerprint density at radius 1 is 1.06 bits per heavy atom. The van der Waals surface area contributed by atoms with Gasteiger partial charge in [0.1, 0.15) is 5.82 Å². The smallest absolute Gasteiger partial charge is 0.343 e. The molecule has 4 rings (SSSR count). The zero-order valence-corrected chi connectivity index (χ0v) is 19.5. The number of benzene rings is 3. The summed E-state index contributed by atoms with van der Waals surface area (Å²) in [5, 5.41) is 5.41. The van der Waals surface area contributed by atoms with Crippen LogP contribution < -0.4 is 15.0 Å². The largest absolute Gasteiger partial charge is 0.490 e. The second kappa shape index (κ2) is 10.3. The highest BCUT2D eigenvalue weighted by atomic mass is 35.5. The molecule has 0 aliphatic heterocycles. The highest BCUT2D eigenvalue weighted by molar-refractivity contribution is 6.30. The van der Waals surface area contributed by atoms with Crippen LogP contribution in [-0.4, -0.2) is 28.5 Å². The Morgan fingerprint density at radius 2 is 1.82 bits per heavy atom. The molecule has 0 saturated carbocycles. The van der Waals surface area contributed by atoms with Crippen LogP contribution in [0.5, 0.6) is 11.5 Å². The molecule has 8 heteroatoms. The lowest BCUT2D eigenvalue weighted by Crippen LogP contribution is -2.22. The molecule has 4 aromatic rings. The lowest BCUT2D eigenvalue weighted by atomic mass is 10.2. The molecule has 0 spiro atoms. The second-order valence-electron chi connectivity index (χ2n) is 7.30. The number of aromatic nitrogens is 2. The van der Waals surface area contributed by atoms with E-state index in [1.807, 2.05) is 26.0 Å². The molecule has 0 aliphatic rings. The Bertz CT molecular complexity index is 1430. The molecule has 1 heterocycles. The predicted octanol–water partition coefficient (Wildman–Crippen LogP) is 5.11. The van der Waals surface area contributed by atoms with E-state index in [2.05, 4.69) is 10.1 Å². The van der Waals surface area contributed by atoms with Crippen molar-refractivity contribution in [1.29, 1.82) is 0 Å². The number of fused-ring (bicyclic) bond motifs is 1. The molecule has 0 bridgehead atoms. The first-order chi connectivity index (χ1) is 16.5. The summed E-state index contributed by atoms with van der Waals surface area (Å²) >= 11 is 5.88. The number of rotatable bonds is 7. The Morgan fingerprint density at radius 3 is 2.56 bits per heavy atom. The molecule has 7 nitrogen and oxygen atoms in total. The summed E-state index contributed by atoms with van der Waals surface area (Å²) in [6, 6.07) is 18.6. The fourth-order valence-corrected chi connectivity index (χ4v) is 3.47. The van der Waals surface area contributed by atoms with E-state index in [-0.39, 0.29) is 11.3 Å². The summed E-state index contributed by atoms with van der Waals surface area (Å²) in [5.41, 5.74) is 1.43. The van der Waals surface area contributed by atoms with E-state index in [0.29, 0.717) is 51.7 Å². The third-order valence-electron chi connectivity index (χ3n) is 5.01. The minimum absolute atomic E-state index is 0.239. The van der Waals surface area contributed by atoms with Crippen LogP contribution in [0.15, 0.2) is 76.6 Å². The average molecular weight is 476 g/mol. The first-order valence-corrected chi connectivity index (χ1v) is 11.2. The maximum absolute atomic E-state index is 12.9. The normalized spacial score (nSPS) is 11.1. The summed E-state index contributed by atoms with van der Waals surface area (Å²) < 4.78 is 12.5. The molecule has 0 saturated heterocycles. The SMILES string of the molecule is CCOc1cc(C=Nn2c(CC)nc3ccccc3c2=O)ccc1OC(=O)c1ccc(Cl)cc1. The van der Waals surface area contributed by atoms with Gasteiger partial charge in [-0.1, -0.05) is 30.7 Å². The lowest BCUT2D eigenvalue weighted by Gasteiger charge is -2.11. The topological polar surface area (TPSA) is 82.8 Å². The number of carbonyl (C=O) groups is 1. The van der Waals surface area contributed by atoms with Gasteiger partial charge in [0, 0.05) is 11.4 Å². The second-order valence-corrected chi connectivity index (χ2v) is 7.73. The number of aryl methyl sites for hydroxylation is 1. The quantitative estimate of drug-likeness (QED) is 0.211. The fourth-order valence-electron chi connectivity index (χ4n) is 3.34. The van der Waals surface area contributed by atoms with Gasteiger partial charge in [-0.05, 0) is 67.1 Å². The van der Waals surface area contributed by atoms with Gasteiger partial charge in [-0.25, -0.2) is 9.78 Å². The number of esters is 1. The molecule has 3 aromatic carbocycles. The van der Waals surface area contributed by atoms with Gasteiger partial charge in [0.2, 0.25) is 0 Å². The van der Waals surface area contributed by atoms with Crippen LogP contribution in [0.3, 0.4) is 0 Å². The van der Waals surface area contributed by atoms with Crippen molar-refractivity contribution in [3.8, 4) is 11.5 Å². The summed E-state index contributed by atoms with van der Waals surface area (Å²) in [5.74, 6) is 0.685. The highest BCUT2D eigenvalue weighted by Crippen LogP contribution is 2.29. The van der Waals surface area contributed by atoms with Crippen molar-refractivity contribution in [2.24, 2.45) is 5.10 Å². The molecule has 172 valence electrons. The van der Waals surface area contributed by atoms with Crippen molar-refractivity contribution in [3.05, 3.63) is 99.1 Å². The van der Waals surface area contributed by atoms with Gasteiger partial charge in [-0.2, -0.15) is 9.78 Å². The number of ether oxygens (including phenoxy) is 2. The molecule has 0 N–H and O–H groups in total. The number of carbonyl (C=O) groups excluding carboxylic acids is 1. The fraction of sp³-hybridized carbons (Fsp3) is 0.154. The molecule has 34 heavy (non-hydrogen) atoms. The molecule has 0 atom stereocenters. The van der Waals surface area contributed by atoms with Crippen LogP contribution in [-0.2, 0) is 6.42 Å². The summed E-state index contributed by atoms with van der Waals surface area (Å²) in [6.45, 7) is 4.12. The maximum Gasteiger partial charge on any atom is 0.343 e. The minimum atomic E-state index is -0.527. The lowest BCUT2D eigenvalue weighted by molar-refractivity contribution is 0.0728. The van der Waals surface area contributed by atoms with E-state index >= 15 is 0 Å². The van der Waals surface area contributed by atoms with Crippen LogP contribution >= 0.6 is 11.6 Å². The molecular formula is C26H22ClN3O4. The zero-order valence-electron chi connectivity index (χ0n) is 18.7. The molecule has 0 radical (unpaired) electrons. The molecule has 1 aromatic heterocycles. The standard InChI is InChI=1S/C26H22ClN3O4/c1-3-24-29-21-8-6-5-7-20(21)25(31)30(24)28-16-17-9-14-22(23(15-17)33-4-2)34-26(32)18-10-12-19(27)13-11-18/h5-16H,3-4H2,1-2H3.